The monoisotopic (exact) mass is 380 g/mol. The second-order valence-corrected chi connectivity index (χ2v) is 5.76. The van der Waals surface area contributed by atoms with Crippen LogP contribution < -0.4 is 10.1 Å². The molecule has 2 aromatic rings. The fourth-order valence-corrected chi connectivity index (χ4v) is 2.93. The molecule has 0 radical (unpaired) electrons. The number of carbonyl (C=O) groups excluding carboxylic acids is 1. The predicted octanol–water partition coefficient (Wildman–Crippen LogP) is 3.16. The Morgan fingerprint density at radius 3 is 2.87 bits per heavy atom. The minimum absolute atomic E-state index is 0.178. The van der Waals surface area contributed by atoms with Crippen molar-refractivity contribution in [2.75, 3.05) is 25.6 Å². The summed E-state index contributed by atoms with van der Waals surface area (Å²) in [5.41, 5.74) is 2.42. The minimum atomic E-state index is -0.534. The number of fused-ring (bicyclic) bond motifs is 1. The molecule has 0 aliphatic carbocycles. The van der Waals surface area contributed by atoms with Crippen LogP contribution in [0.5, 0.6) is 5.75 Å². The highest BCUT2D eigenvalue weighted by Gasteiger charge is 2.26. The van der Waals surface area contributed by atoms with E-state index in [9.17, 15) is 9.18 Å². The van der Waals surface area contributed by atoms with E-state index in [1.54, 1.807) is 12.1 Å². The van der Waals surface area contributed by atoms with Crippen molar-refractivity contribution >= 4 is 27.6 Å². The number of anilines is 1. The van der Waals surface area contributed by atoms with Gasteiger partial charge in [-0.2, -0.15) is 0 Å². The summed E-state index contributed by atoms with van der Waals surface area (Å²) in [4.78, 5) is 16.2. The van der Waals surface area contributed by atoms with Crippen molar-refractivity contribution in [2.24, 2.45) is 0 Å². The van der Waals surface area contributed by atoms with Gasteiger partial charge in [0.1, 0.15) is 22.7 Å². The van der Waals surface area contributed by atoms with Crippen molar-refractivity contribution in [1.29, 1.82) is 0 Å². The zero-order chi connectivity index (χ0) is 16.4. The van der Waals surface area contributed by atoms with Gasteiger partial charge in [-0.15, -0.1) is 0 Å². The molecule has 0 saturated carbocycles. The summed E-state index contributed by atoms with van der Waals surface area (Å²) in [6.07, 6.45) is 0.499. The van der Waals surface area contributed by atoms with E-state index in [2.05, 4.69) is 26.2 Å². The maximum Gasteiger partial charge on any atom is 0.359 e. The van der Waals surface area contributed by atoms with Gasteiger partial charge in [0.05, 0.1) is 7.11 Å². The highest BCUT2D eigenvalue weighted by Crippen LogP contribution is 2.39. The van der Waals surface area contributed by atoms with Gasteiger partial charge in [0.2, 0.25) is 0 Å². The molecular formula is C16H14BrFN2O3. The SMILES string of the molecule is COC(=O)c1nc(Br)c(Cc2ccc(F)cc2)c2c1NCCO2. The molecular weight excluding hydrogens is 367 g/mol. The molecule has 1 aliphatic heterocycles. The fourth-order valence-electron chi connectivity index (χ4n) is 2.43. The molecule has 0 fully saturated rings. The third-order valence-electron chi connectivity index (χ3n) is 3.52. The normalized spacial score (nSPS) is 12.8. The van der Waals surface area contributed by atoms with Crippen LogP contribution in [-0.4, -0.2) is 31.2 Å². The molecule has 1 aliphatic rings. The lowest BCUT2D eigenvalue weighted by atomic mass is 10.0. The Bertz CT molecular complexity index is 750. The zero-order valence-corrected chi connectivity index (χ0v) is 13.9. The van der Waals surface area contributed by atoms with Crippen LogP contribution in [0.2, 0.25) is 0 Å². The second-order valence-electron chi connectivity index (χ2n) is 5.00. The summed E-state index contributed by atoms with van der Waals surface area (Å²) < 4.78 is 24.1. The van der Waals surface area contributed by atoms with Gasteiger partial charge in [-0.25, -0.2) is 14.2 Å². The molecule has 0 amide bonds. The van der Waals surface area contributed by atoms with Gasteiger partial charge in [-0.3, -0.25) is 0 Å². The topological polar surface area (TPSA) is 60.5 Å². The van der Waals surface area contributed by atoms with Crippen molar-refractivity contribution in [3.8, 4) is 5.75 Å². The van der Waals surface area contributed by atoms with Gasteiger partial charge in [0, 0.05) is 18.5 Å². The number of carbonyl (C=O) groups is 1. The molecule has 1 aromatic heterocycles. The number of nitrogens with zero attached hydrogens (tertiary/aromatic N) is 1. The lowest BCUT2D eigenvalue weighted by Gasteiger charge is -2.24. The van der Waals surface area contributed by atoms with E-state index in [1.165, 1.54) is 19.2 Å². The quantitative estimate of drug-likeness (QED) is 0.654. The van der Waals surface area contributed by atoms with Crippen LogP contribution in [0.25, 0.3) is 0 Å². The minimum Gasteiger partial charge on any atom is -0.489 e. The molecule has 0 spiro atoms. The fraction of sp³-hybridized carbons (Fsp3) is 0.250. The molecule has 0 bridgehead atoms. The first-order valence-electron chi connectivity index (χ1n) is 7.02. The van der Waals surface area contributed by atoms with Gasteiger partial charge in [-0.1, -0.05) is 12.1 Å². The molecule has 1 N–H and O–H groups in total. The van der Waals surface area contributed by atoms with E-state index < -0.39 is 5.97 Å². The molecule has 0 unspecified atom stereocenters. The highest BCUT2D eigenvalue weighted by atomic mass is 79.9. The summed E-state index contributed by atoms with van der Waals surface area (Å²) in [6.45, 7) is 1.07. The largest absolute Gasteiger partial charge is 0.489 e. The molecule has 0 saturated heterocycles. The van der Waals surface area contributed by atoms with E-state index in [-0.39, 0.29) is 11.5 Å². The van der Waals surface area contributed by atoms with Crippen LogP contribution in [0.4, 0.5) is 10.1 Å². The van der Waals surface area contributed by atoms with Crippen LogP contribution in [-0.2, 0) is 11.2 Å². The molecule has 1 aromatic carbocycles. The van der Waals surface area contributed by atoms with E-state index in [1.807, 2.05) is 0 Å². The second kappa shape index (κ2) is 6.54. The molecule has 0 atom stereocenters. The summed E-state index contributed by atoms with van der Waals surface area (Å²) in [5, 5.41) is 3.14. The molecule has 120 valence electrons. The Hall–Kier alpha value is -2.15. The number of methoxy groups -OCH3 is 1. The number of ether oxygens (including phenoxy) is 2. The molecule has 5 nitrogen and oxygen atoms in total. The molecule has 7 heteroatoms. The molecule has 2 heterocycles. The maximum absolute atomic E-state index is 13.1. The van der Waals surface area contributed by atoms with Crippen LogP contribution in [0, 0.1) is 5.82 Å². The van der Waals surface area contributed by atoms with Gasteiger partial charge < -0.3 is 14.8 Å². The number of hydrogen-bond acceptors (Lipinski definition) is 5. The summed E-state index contributed by atoms with van der Waals surface area (Å²) in [7, 11) is 1.31. The van der Waals surface area contributed by atoms with Crippen molar-refractivity contribution in [3.63, 3.8) is 0 Å². The average molecular weight is 381 g/mol. The average Bonchev–Trinajstić information content (AvgIpc) is 2.58. The van der Waals surface area contributed by atoms with Gasteiger partial charge in [-0.05, 0) is 33.6 Å². The number of halogens is 2. The first-order valence-corrected chi connectivity index (χ1v) is 7.81. The number of rotatable bonds is 3. The smallest absolute Gasteiger partial charge is 0.359 e. The van der Waals surface area contributed by atoms with Crippen LogP contribution in [0.3, 0.4) is 0 Å². The maximum atomic E-state index is 13.1. The number of pyridine rings is 1. The van der Waals surface area contributed by atoms with Crippen molar-refractivity contribution in [2.45, 2.75) is 6.42 Å². The van der Waals surface area contributed by atoms with Crippen molar-refractivity contribution < 1.29 is 18.7 Å². The van der Waals surface area contributed by atoms with Crippen LogP contribution in [0.1, 0.15) is 21.6 Å². The number of aromatic nitrogens is 1. The number of hydrogen-bond donors (Lipinski definition) is 1. The van der Waals surface area contributed by atoms with E-state index in [4.69, 9.17) is 9.47 Å². The lowest BCUT2D eigenvalue weighted by molar-refractivity contribution is 0.0594. The van der Waals surface area contributed by atoms with Crippen molar-refractivity contribution in [1.82, 2.24) is 4.98 Å². The zero-order valence-electron chi connectivity index (χ0n) is 12.4. The van der Waals surface area contributed by atoms with E-state index >= 15 is 0 Å². The van der Waals surface area contributed by atoms with Crippen molar-refractivity contribution in [3.05, 3.63) is 51.5 Å². The van der Waals surface area contributed by atoms with E-state index in [0.717, 1.165) is 11.1 Å². The predicted molar refractivity (Wildman–Crippen MR) is 86.5 cm³/mol. The third-order valence-corrected chi connectivity index (χ3v) is 4.18. The van der Waals surface area contributed by atoms with Gasteiger partial charge >= 0.3 is 5.97 Å². The number of nitrogens with one attached hydrogen (secondary N) is 1. The van der Waals surface area contributed by atoms with E-state index in [0.29, 0.717) is 35.6 Å². The Balaban J connectivity index is 2.06. The number of benzene rings is 1. The Morgan fingerprint density at radius 1 is 1.43 bits per heavy atom. The number of esters is 1. The van der Waals surface area contributed by atoms with Crippen LogP contribution >= 0.6 is 15.9 Å². The van der Waals surface area contributed by atoms with Gasteiger partial charge in [0.15, 0.2) is 11.4 Å². The molecule has 23 heavy (non-hydrogen) atoms. The Kier molecular flexibility index (Phi) is 4.47. The lowest BCUT2D eigenvalue weighted by Crippen LogP contribution is -2.23. The summed E-state index contributed by atoms with van der Waals surface area (Å²) in [6, 6.07) is 6.23. The third kappa shape index (κ3) is 3.14. The summed E-state index contributed by atoms with van der Waals surface area (Å²) >= 11 is 3.39. The first kappa shape index (κ1) is 15.7. The van der Waals surface area contributed by atoms with Gasteiger partial charge in [0.25, 0.3) is 0 Å². The highest BCUT2D eigenvalue weighted by molar-refractivity contribution is 9.10. The summed E-state index contributed by atoms with van der Waals surface area (Å²) in [5.74, 6) is -0.247. The Morgan fingerprint density at radius 2 is 2.17 bits per heavy atom. The standard InChI is InChI=1S/C16H14BrFN2O3/c1-22-16(21)13-12-14(23-7-6-19-12)11(15(17)20-13)8-9-2-4-10(18)5-3-9/h2-5,19H,6-8H2,1H3. The first-order chi connectivity index (χ1) is 11.1. The van der Waals surface area contributed by atoms with Crippen LogP contribution in [0.15, 0.2) is 28.9 Å². The Labute approximate surface area is 140 Å². The molecule has 3 rings (SSSR count).